The third kappa shape index (κ3) is 5.76. The minimum absolute atomic E-state index is 0.0375. The van der Waals surface area contributed by atoms with Crippen LogP contribution in [0.2, 0.25) is 0 Å². The fraction of sp³-hybridized carbons (Fsp3) is 0.154. The van der Waals surface area contributed by atoms with Gasteiger partial charge in [0.2, 0.25) is 11.8 Å². The highest BCUT2D eigenvalue weighted by Gasteiger charge is 2.06. The molecule has 0 unspecified atom stereocenters. The van der Waals surface area contributed by atoms with Gasteiger partial charge in [-0.3, -0.25) is 4.79 Å². The predicted octanol–water partition coefficient (Wildman–Crippen LogP) is 4.92. The SMILES string of the molecule is CCOc1ccc(Oc2cc(CNC(=O)Cc3ccc(-n4cccc4)cc3)ccn2)cc1. The minimum Gasteiger partial charge on any atom is -0.494 e. The lowest BCUT2D eigenvalue weighted by Gasteiger charge is -2.09. The van der Waals surface area contributed by atoms with E-state index in [-0.39, 0.29) is 5.91 Å². The number of amides is 1. The van der Waals surface area contributed by atoms with Crippen molar-refractivity contribution in [3.63, 3.8) is 0 Å². The van der Waals surface area contributed by atoms with Crippen molar-refractivity contribution in [2.75, 3.05) is 6.61 Å². The van der Waals surface area contributed by atoms with E-state index in [1.54, 1.807) is 6.20 Å². The summed E-state index contributed by atoms with van der Waals surface area (Å²) in [4.78, 5) is 16.6. The van der Waals surface area contributed by atoms with Crippen LogP contribution in [0.15, 0.2) is 91.4 Å². The molecule has 0 aliphatic heterocycles. The summed E-state index contributed by atoms with van der Waals surface area (Å²) in [5.74, 6) is 1.90. The van der Waals surface area contributed by atoms with Crippen molar-refractivity contribution in [2.45, 2.75) is 19.9 Å². The summed E-state index contributed by atoms with van der Waals surface area (Å²) in [6.45, 7) is 2.97. The maximum Gasteiger partial charge on any atom is 0.224 e. The summed E-state index contributed by atoms with van der Waals surface area (Å²) in [6.07, 6.45) is 5.98. The molecule has 6 heteroatoms. The Morgan fingerprint density at radius 2 is 1.66 bits per heavy atom. The van der Waals surface area contributed by atoms with Gasteiger partial charge in [-0.2, -0.15) is 0 Å². The number of nitrogens with one attached hydrogen (secondary N) is 1. The summed E-state index contributed by atoms with van der Waals surface area (Å²) < 4.78 is 13.3. The fourth-order valence-electron chi connectivity index (χ4n) is 3.25. The number of pyridine rings is 1. The molecule has 0 radical (unpaired) electrons. The molecule has 162 valence electrons. The normalized spacial score (nSPS) is 10.5. The Morgan fingerprint density at radius 3 is 2.38 bits per heavy atom. The van der Waals surface area contributed by atoms with Crippen LogP contribution in [-0.2, 0) is 17.8 Å². The average Bonchev–Trinajstić information content (AvgIpc) is 3.35. The van der Waals surface area contributed by atoms with E-state index < -0.39 is 0 Å². The standard InChI is InChI=1S/C26H25N3O3/c1-2-31-23-9-11-24(12-10-23)32-26-18-21(13-14-27-26)19-28-25(30)17-20-5-7-22(8-6-20)29-15-3-4-16-29/h3-16,18H,2,17,19H2,1H3,(H,28,30). The van der Waals surface area contributed by atoms with Gasteiger partial charge in [0.25, 0.3) is 0 Å². The molecule has 1 amide bonds. The number of carbonyl (C=O) groups is 1. The molecular weight excluding hydrogens is 402 g/mol. The van der Waals surface area contributed by atoms with Crippen LogP contribution in [-0.4, -0.2) is 22.1 Å². The highest BCUT2D eigenvalue weighted by atomic mass is 16.5. The Balaban J connectivity index is 1.29. The molecule has 0 saturated heterocycles. The van der Waals surface area contributed by atoms with E-state index >= 15 is 0 Å². The van der Waals surface area contributed by atoms with Crippen molar-refractivity contribution in [1.82, 2.24) is 14.9 Å². The van der Waals surface area contributed by atoms with Crippen LogP contribution in [0.3, 0.4) is 0 Å². The van der Waals surface area contributed by atoms with Gasteiger partial charge in [-0.25, -0.2) is 4.98 Å². The number of hydrogen-bond acceptors (Lipinski definition) is 4. The molecule has 2 aromatic carbocycles. The molecule has 2 aromatic heterocycles. The van der Waals surface area contributed by atoms with Gasteiger partial charge in [-0.15, -0.1) is 0 Å². The summed E-state index contributed by atoms with van der Waals surface area (Å²) in [5.41, 5.74) is 2.95. The molecule has 0 atom stereocenters. The maximum atomic E-state index is 12.4. The summed E-state index contributed by atoms with van der Waals surface area (Å²) >= 11 is 0. The second-order valence-electron chi connectivity index (χ2n) is 7.22. The van der Waals surface area contributed by atoms with Crippen LogP contribution in [0.25, 0.3) is 5.69 Å². The van der Waals surface area contributed by atoms with E-state index in [0.717, 1.165) is 22.6 Å². The zero-order valence-electron chi connectivity index (χ0n) is 17.9. The fourth-order valence-corrected chi connectivity index (χ4v) is 3.25. The first-order valence-corrected chi connectivity index (χ1v) is 10.5. The Bertz CT molecular complexity index is 1140. The first kappa shape index (κ1) is 21.2. The number of hydrogen-bond donors (Lipinski definition) is 1. The van der Waals surface area contributed by atoms with Crippen LogP contribution < -0.4 is 14.8 Å². The lowest BCUT2D eigenvalue weighted by molar-refractivity contribution is -0.120. The number of ether oxygens (including phenoxy) is 2. The largest absolute Gasteiger partial charge is 0.494 e. The Hall–Kier alpha value is -4.06. The van der Waals surface area contributed by atoms with Crippen molar-refractivity contribution in [1.29, 1.82) is 0 Å². The van der Waals surface area contributed by atoms with Gasteiger partial charge in [0.1, 0.15) is 11.5 Å². The molecular formula is C26H25N3O3. The van der Waals surface area contributed by atoms with E-state index in [4.69, 9.17) is 9.47 Å². The smallest absolute Gasteiger partial charge is 0.224 e. The van der Waals surface area contributed by atoms with Crippen molar-refractivity contribution >= 4 is 5.91 Å². The van der Waals surface area contributed by atoms with Crippen molar-refractivity contribution in [3.05, 3.63) is 103 Å². The zero-order chi connectivity index (χ0) is 22.2. The quantitative estimate of drug-likeness (QED) is 0.412. The highest BCUT2D eigenvalue weighted by molar-refractivity contribution is 5.78. The van der Waals surface area contributed by atoms with Gasteiger partial charge < -0.3 is 19.4 Å². The molecule has 1 N–H and O–H groups in total. The van der Waals surface area contributed by atoms with Gasteiger partial charge in [0.05, 0.1) is 13.0 Å². The van der Waals surface area contributed by atoms with E-state index in [1.807, 2.05) is 96.7 Å². The number of rotatable bonds is 9. The second-order valence-corrected chi connectivity index (χ2v) is 7.22. The Kier molecular flexibility index (Phi) is 6.82. The molecule has 32 heavy (non-hydrogen) atoms. The van der Waals surface area contributed by atoms with Crippen LogP contribution in [0.4, 0.5) is 0 Å². The molecule has 4 aromatic rings. The average molecular weight is 428 g/mol. The van der Waals surface area contributed by atoms with Gasteiger partial charge in [-0.05, 0) is 72.6 Å². The maximum absolute atomic E-state index is 12.4. The first-order valence-electron chi connectivity index (χ1n) is 10.5. The van der Waals surface area contributed by atoms with Crippen LogP contribution in [0, 0.1) is 0 Å². The van der Waals surface area contributed by atoms with Crippen LogP contribution in [0.1, 0.15) is 18.1 Å². The first-order chi connectivity index (χ1) is 15.7. The zero-order valence-corrected chi connectivity index (χ0v) is 17.9. The molecule has 0 aliphatic rings. The summed E-state index contributed by atoms with van der Waals surface area (Å²) in [6, 6.07) is 23.0. The predicted molar refractivity (Wildman–Crippen MR) is 123 cm³/mol. The van der Waals surface area contributed by atoms with Crippen molar-refractivity contribution in [3.8, 4) is 23.1 Å². The van der Waals surface area contributed by atoms with Crippen molar-refractivity contribution < 1.29 is 14.3 Å². The molecule has 0 aliphatic carbocycles. The monoisotopic (exact) mass is 427 g/mol. The topological polar surface area (TPSA) is 65.4 Å². The van der Waals surface area contributed by atoms with Crippen LogP contribution in [0.5, 0.6) is 17.4 Å². The lowest BCUT2D eigenvalue weighted by Crippen LogP contribution is -2.24. The van der Waals surface area contributed by atoms with Crippen molar-refractivity contribution in [2.24, 2.45) is 0 Å². The summed E-state index contributed by atoms with van der Waals surface area (Å²) in [5, 5.41) is 2.96. The molecule has 0 bridgehead atoms. The van der Waals surface area contributed by atoms with Gasteiger partial charge in [-0.1, -0.05) is 12.1 Å². The number of benzene rings is 2. The Labute approximate surface area is 187 Å². The molecule has 4 rings (SSSR count). The Morgan fingerprint density at radius 1 is 0.938 bits per heavy atom. The second kappa shape index (κ2) is 10.3. The van der Waals surface area contributed by atoms with E-state index in [2.05, 4.69) is 10.3 Å². The van der Waals surface area contributed by atoms with E-state index in [0.29, 0.717) is 31.2 Å². The van der Waals surface area contributed by atoms with Gasteiger partial charge >= 0.3 is 0 Å². The molecule has 6 nitrogen and oxygen atoms in total. The highest BCUT2D eigenvalue weighted by Crippen LogP contribution is 2.23. The number of nitrogens with zero attached hydrogens (tertiary/aromatic N) is 2. The molecule has 0 saturated carbocycles. The number of aromatic nitrogens is 2. The third-order valence-electron chi connectivity index (χ3n) is 4.85. The van der Waals surface area contributed by atoms with Crippen LogP contribution >= 0.6 is 0 Å². The molecule has 0 spiro atoms. The lowest BCUT2D eigenvalue weighted by atomic mass is 10.1. The summed E-state index contributed by atoms with van der Waals surface area (Å²) in [7, 11) is 0. The molecule has 2 heterocycles. The third-order valence-corrected chi connectivity index (χ3v) is 4.85. The number of carbonyl (C=O) groups excluding carboxylic acids is 1. The van der Waals surface area contributed by atoms with Gasteiger partial charge in [0.15, 0.2) is 0 Å². The van der Waals surface area contributed by atoms with E-state index in [1.165, 1.54) is 0 Å². The molecule has 0 fully saturated rings. The van der Waals surface area contributed by atoms with E-state index in [9.17, 15) is 4.79 Å². The minimum atomic E-state index is -0.0375. The van der Waals surface area contributed by atoms with Gasteiger partial charge in [0, 0.05) is 36.9 Å².